The van der Waals surface area contributed by atoms with Crippen molar-refractivity contribution < 1.29 is 20.4 Å². The zero-order valence-corrected chi connectivity index (χ0v) is 27.4. The maximum Gasteiger partial charge on any atom is 0.332 e. The third-order valence-electron chi connectivity index (χ3n) is 6.93. The molecule has 246 valence electrons. The summed E-state index contributed by atoms with van der Waals surface area (Å²) < 4.78 is 4.11. The molecule has 8 N–H and O–H groups in total. The molecule has 15 heteroatoms. The van der Waals surface area contributed by atoms with Gasteiger partial charge >= 0.3 is 5.69 Å². The first kappa shape index (κ1) is 35.9. The number of aryl methyl sites for hydroxylation is 2. The Balaban J connectivity index is 0.000000279. The molecule has 0 spiro atoms. The van der Waals surface area contributed by atoms with Gasteiger partial charge in [-0.25, -0.2) is 9.78 Å². The van der Waals surface area contributed by atoms with Gasteiger partial charge < -0.3 is 41.4 Å². The number of halogens is 2. The predicted molar refractivity (Wildman–Crippen MR) is 176 cm³/mol. The Morgan fingerprint density at radius 2 is 1.47 bits per heavy atom. The summed E-state index contributed by atoms with van der Waals surface area (Å²) in [6.07, 6.45) is 0.657. The van der Waals surface area contributed by atoms with E-state index in [4.69, 9.17) is 28.9 Å². The van der Waals surface area contributed by atoms with Crippen LogP contribution in [-0.4, -0.2) is 64.3 Å². The number of phenols is 2. The summed E-state index contributed by atoms with van der Waals surface area (Å²) in [5, 5.41) is 46.1. The summed E-state index contributed by atoms with van der Waals surface area (Å²) in [6.45, 7) is 7.84. The average Bonchev–Trinajstić information content (AvgIpc) is 3.39. The van der Waals surface area contributed by atoms with Gasteiger partial charge in [0.1, 0.15) is 11.5 Å². The van der Waals surface area contributed by atoms with Gasteiger partial charge in [0.05, 0.1) is 34.3 Å². The second kappa shape index (κ2) is 15.1. The number of β-amino-alcohol motifs (C(OH)–C–C–N with tert-alkyl or cyclic N) is 1. The fourth-order valence-electron chi connectivity index (χ4n) is 4.42. The lowest BCUT2D eigenvalue weighted by molar-refractivity contribution is 0.163. The van der Waals surface area contributed by atoms with Crippen LogP contribution >= 0.6 is 23.2 Å². The fourth-order valence-corrected chi connectivity index (χ4v) is 4.93. The minimum atomic E-state index is -0.881. The smallest absolute Gasteiger partial charge is 0.332 e. The number of aromatic hydroxyl groups is 2. The number of aliphatic hydroxyl groups excluding tert-OH is 2. The van der Waals surface area contributed by atoms with Crippen molar-refractivity contribution in [1.29, 1.82) is 0 Å². The number of aromatic nitrogens is 4. The summed E-state index contributed by atoms with van der Waals surface area (Å²) in [6, 6.07) is 7.25. The lowest BCUT2D eigenvalue weighted by Crippen LogP contribution is -2.38. The fraction of sp³-hybridized carbons (Fsp3) is 0.433. The highest BCUT2D eigenvalue weighted by atomic mass is 35.5. The molecule has 2 heterocycles. The number of nitrogens with one attached hydrogen (secondary N) is 2. The van der Waals surface area contributed by atoms with Crippen molar-refractivity contribution in [1.82, 2.24) is 29.3 Å². The van der Waals surface area contributed by atoms with Crippen LogP contribution in [0.2, 0.25) is 10.0 Å². The highest BCUT2D eigenvalue weighted by Crippen LogP contribution is 2.31. The van der Waals surface area contributed by atoms with E-state index in [0.29, 0.717) is 64.1 Å². The molecule has 13 nitrogen and oxygen atoms in total. The molecule has 0 aliphatic heterocycles. The van der Waals surface area contributed by atoms with Gasteiger partial charge in [-0.3, -0.25) is 13.9 Å². The van der Waals surface area contributed by atoms with E-state index in [1.165, 1.54) is 36.1 Å². The number of rotatable bonds is 10. The number of fused-ring (bicyclic) bond motifs is 1. The van der Waals surface area contributed by atoms with Crippen LogP contribution in [0.1, 0.15) is 50.5 Å². The topological polar surface area (TPSA) is 193 Å². The molecule has 2 aromatic carbocycles. The third kappa shape index (κ3) is 9.45. The van der Waals surface area contributed by atoms with Crippen molar-refractivity contribution in [2.24, 2.45) is 14.1 Å². The zero-order chi connectivity index (χ0) is 33.6. The number of aliphatic hydroxyl groups is 2. The number of benzene rings is 2. The molecule has 0 saturated heterocycles. The molecule has 4 aromatic rings. The van der Waals surface area contributed by atoms with Crippen LogP contribution in [0.3, 0.4) is 0 Å². The highest BCUT2D eigenvalue weighted by Gasteiger charge is 2.16. The maximum atomic E-state index is 12.4. The normalized spacial score (nSPS) is 13.0. The minimum Gasteiger partial charge on any atom is -0.508 e. The SMILES string of the molecule is CC(C)(C)NCC(O)c1cc(Cl)c(N)c(Cl)c1.Cn1c(=O)c2c(ncn2CCCNCC(O)c2cc(O)cc(O)c2)n(C)c1=O. The molecule has 45 heavy (non-hydrogen) atoms. The molecule has 0 saturated carbocycles. The van der Waals surface area contributed by atoms with E-state index in [0.717, 1.165) is 4.57 Å². The number of imidazole rings is 1. The van der Waals surface area contributed by atoms with E-state index in [9.17, 15) is 30.0 Å². The Morgan fingerprint density at radius 1 is 0.911 bits per heavy atom. The molecule has 2 atom stereocenters. The first-order chi connectivity index (χ1) is 21.0. The number of anilines is 1. The number of phenolic OH excluding ortho intramolecular Hbond substituents is 2. The molecule has 4 rings (SSSR count). The highest BCUT2D eigenvalue weighted by molar-refractivity contribution is 6.38. The van der Waals surface area contributed by atoms with Crippen molar-refractivity contribution in [3.8, 4) is 11.5 Å². The van der Waals surface area contributed by atoms with Gasteiger partial charge in [-0.15, -0.1) is 0 Å². The van der Waals surface area contributed by atoms with E-state index >= 15 is 0 Å². The number of hydrogen-bond acceptors (Lipinski definition) is 10. The van der Waals surface area contributed by atoms with Crippen LogP contribution in [0.5, 0.6) is 11.5 Å². The molecule has 0 aliphatic rings. The molecular formula is C30H41Cl2N7O6. The molecule has 2 aromatic heterocycles. The molecule has 0 aliphatic carbocycles. The van der Waals surface area contributed by atoms with Crippen molar-refractivity contribution in [3.63, 3.8) is 0 Å². The number of nitrogens with zero attached hydrogens (tertiary/aromatic N) is 4. The lowest BCUT2D eigenvalue weighted by atomic mass is 10.1. The molecular weight excluding hydrogens is 625 g/mol. The summed E-state index contributed by atoms with van der Waals surface area (Å²) in [5.41, 5.74) is 6.91. The van der Waals surface area contributed by atoms with Crippen molar-refractivity contribution in [2.75, 3.05) is 25.4 Å². The van der Waals surface area contributed by atoms with Crippen molar-refractivity contribution in [2.45, 2.75) is 51.5 Å². The molecule has 0 fully saturated rings. The van der Waals surface area contributed by atoms with Gasteiger partial charge in [-0.05, 0) is 69.1 Å². The van der Waals surface area contributed by atoms with Gasteiger partial charge in [0, 0.05) is 45.3 Å². The van der Waals surface area contributed by atoms with Crippen LogP contribution in [0.15, 0.2) is 46.2 Å². The Kier molecular flexibility index (Phi) is 12.1. The lowest BCUT2D eigenvalue weighted by Gasteiger charge is -2.23. The van der Waals surface area contributed by atoms with Crippen LogP contribution in [0, 0.1) is 0 Å². The Hall–Kier alpha value is -3.59. The first-order valence-corrected chi connectivity index (χ1v) is 15.0. The summed E-state index contributed by atoms with van der Waals surface area (Å²) in [7, 11) is 3.01. The van der Waals surface area contributed by atoms with E-state index in [1.54, 1.807) is 23.7 Å². The second-order valence-corrected chi connectivity index (χ2v) is 12.5. The third-order valence-corrected chi connectivity index (χ3v) is 7.55. The summed E-state index contributed by atoms with van der Waals surface area (Å²) in [4.78, 5) is 28.5. The second-order valence-electron chi connectivity index (χ2n) is 11.7. The average molecular weight is 667 g/mol. The first-order valence-electron chi connectivity index (χ1n) is 14.2. The van der Waals surface area contributed by atoms with E-state index in [2.05, 4.69) is 15.6 Å². The Bertz CT molecular complexity index is 1700. The Morgan fingerprint density at radius 3 is 2.04 bits per heavy atom. The van der Waals surface area contributed by atoms with Gasteiger partial charge in [0.25, 0.3) is 5.56 Å². The zero-order valence-electron chi connectivity index (χ0n) is 25.9. The summed E-state index contributed by atoms with van der Waals surface area (Å²) in [5.74, 6) is -0.228. The molecule has 0 amide bonds. The largest absolute Gasteiger partial charge is 0.508 e. The van der Waals surface area contributed by atoms with Gasteiger partial charge in [0.15, 0.2) is 11.2 Å². The molecule has 0 bridgehead atoms. The van der Waals surface area contributed by atoms with E-state index in [1.807, 2.05) is 20.8 Å². The number of hydrogen-bond donors (Lipinski definition) is 7. The molecule has 0 radical (unpaired) electrons. The van der Waals surface area contributed by atoms with Crippen LogP contribution in [-0.2, 0) is 20.6 Å². The van der Waals surface area contributed by atoms with Crippen molar-refractivity contribution >= 4 is 40.1 Å². The maximum absolute atomic E-state index is 12.4. The number of nitrogens with two attached hydrogens (primary N) is 1. The van der Waals surface area contributed by atoms with Gasteiger partial charge in [-0.1, -0.05) is 23.2 Å². The van der Waals surface area contributed by atoms with Gasteiger partial charge in [0.2, 0.25) is 0 Å². The predicted octanol–water partition coefficient (Wildman–Crippen LogP) is 2.56. The molecule has 2 unspecified atom stereocenters. The van der Waals surface area contributed by atoms with Gasteiger partial charge in [-0.2, -0.15) is 0 Å². The summed E-state index contributed by atoms with van der Waals surface area (Å²) >= 11 is 11.8. The number of nitrogen functional groups attached to an aromatic ring is 1. The van der Waals surface area contributed by atoms with Crippen molar-refractivity contribution in [3.05, 3.63) is 78.7 Å². The monoisotopic (exact) mass is 665 g/mol. The van der Waals surface area contributed by atoms with E-state index in [-0.39, 0.29) is 29.1 Å². The van der Waals surface area contributed by atoms with Crippen LogP contribution in [0.25, 0.3) is 11.2 Å². The minimum absolute atomic E-state index is 0.0532. The quantitative estimate of drug-likeness (QED) is 0.0978. The van der Waals surface area contributed by atoms with Crippen LogP contribution < -0.4 is 27.6 Å². The Labute approximate surface area is 270 Å². The van der Waals surface area contributed by atoms with E-state index < -0.39 is 17.9 Å². The standard InChI is InChI=1S/C18H23N5O5.C12H18Cl2N2O/c1-21-16-15(17(27)22(2)18(21)28)23(10-20-16)5-3-4-19-9-14(26)11-6-12(24)8-13(25)7-11;1-12(2,3)16-6-10(17)7-4-8(13)11(15)9(14)5-7/h6-8,10,14,19,24-26H,3-5,9H2,1-2H3;4-5,10,16-17H,6,15H2,1-3H3. The van der Waals surface area contributed by atoms with Crippen LogP contribution in [0.4, 0.5) is 5.69 Å².